The van der Waals surface area contributed by atoms with Crippen molar-refractivity contribution in [2.24, 2.45) is 5.73 Å². The highest BCUT2D eigenvalue weighted by Crippen LogP contribution is 2.29. The quantitative estimate of drug-likeness (QED) is 0.834. The third-order valence-corrected chi connectivity index (χ3v) is 3.77. The normalized spacial score (nSPS) is 22.4. The maximum absolute atomic E-state index is 11.8. The number of methoxy groups -OCH3 is 1. The number of para-hydroxylation sites is 2. The predicted octanol–water partition coefficient (Wildman–Crippen LogP) is 0.413. The van der Waals surface area contributed by atoms with Crippen LogP contribution >= 0.6 is 0 Å². The minimum absolute atomic E-state index is 0.416. The monoisotopic (exact) mass is 287 g/mol. The second-order valence-electron chi connectivity index (χ2n) is 4.90. The molecule has 3 rings (SSSR count). The first-order valence-corrected chi connectivity index (χ1v) is 6.72. The zero-order chi connectivity index (χ0) is 14.9. The molecule has 7 nitrogen and oxygen atoms in total. The first-order valence-electron chi connectivity index (χ1n) is 6.72. The number of aromatic nitrogens is 2. The molecule has 1 fully saturated rings. The van der Waals surface area contributed by atoms with Crippen molar-refractivity contribution in [2.75, 3.05) is 26.7 Å². The molecule has 110 valence electrons. The molecule has 1 atom stereocenters. The Hall–Kier alpha value is -2.25. The lowest BCUT2D eigenvalue weighted by Gasteiger charge is -2.44. The van der Waals surface area contributed by atoms with Crippen LogP contribution in [0.25, 0.3) is 11.0 Å². The van der Waals surface area contributed by atoms with Crippen LogP contribution in [-0.4, -0.2) is 47.6 Å². The standard InChI is InChI=1S/C14H17N5O2/c1-21-14(9-16-6-7-19(14)13(15)20)12-8-17-10-4-2-3-5-11(10)18-12/h2-5,8,16H,6-7,9H2,1H3,(H2,15,20). The number of benzene rings is 1. The first-order chi connectivity index (χ1) is 10.2. The van der Waals surface area contributed by atoms with Gasteiger partial charge in [0, 0.05) is 20.2 Å². The summed E-state index contributed by atoms with van der Waals surface area (Å²) in [7, 11) is 1.54. The third kappa shape index (κ3) is 2.20. The molecular weight excluding hydrogens is 270 g/mol. The van der Waals surface area contributed by atoms with Gasteiger partial charge in [0.1, 0.15) is 5.69 Å². The van der Waals surface area contributed by atoms with Crippen LogP contribution < -0.4 is 11.1 Å². The summed E-state index contributed by atoms with van der Waals surface area (Å²) in [5.41, 5.74) is 6.58. The Kier molecular flexibility index (Phi) is 3.44. The molecule has 1 aliphatic heterocycles. The number of nitrogens with zero attached hydrogens (tertiary/aromatic N) is 3. The summed E-state index contributed by atoms with van der Waals surface area (Å²) >= 11 is 0. The largest absolute Gasteiger partial charge is 0.352 e. The van der Waals surface area contributed by atoms with Gasteiger partial charge in [-0.05, 0) is 12.1 Å². The van der Waals surface area contributed by atoms with Crippen molar-refractivity contribution in [1.29, 1.82) is 0 Å². The zero-order valence-corrected chi connectivity index (χ0v) is 11.7. The molecule has 1 aliphatic rings. The van der Waals surface area contributed by atoms with Crippen molar-refractivity contribution in [3.8, 4) is 0 Å². The van der Waals surface area contributed by atoms with Crippen molar-refractivity contribution in [3.63, 3.8) is 0 Å². The number of nitrogens with two attached hydrogens (primary N) is 1. The molecule has 0 aliphatic carbocycles. The molecule has 1 unspecified atom stereocenters. The number of hydrogen-bond donors (Lipinski definition) is 2. The van der Waals surface area contributed by atoms with E-state index < -0.39 is 11.8 Å². The molecule has 2 heterocycles. The van der Waals surface area contributed by atoms with Crippen LogP contribution in [-0.2, 0) is 10.5 Å². The van der Waals surface area contributed by atoms with Crippen LogP contribution in [0.1, 0.15) is 5.69 Å². The topological polar surface area (TPSA) is 93.4 Å². The van der Waals surface area contributed by atoms with Gasteiger partial charge in [0.05, 0.1) is 23.8 Å². The molecule has 1 aromatic carbocycles. The summed E-state index contributed by atoms with van der Waals surface area (Å²) in [6.07, 6.45) is 1.63. The number of carbonyl (C=O) groups is 1. The Morgan fingerprint density at radius 2 is 2.19 bits per heavy atom. The van der Waals surface area contributed by atoms with E-state index in [1.807, 2.05) is 24.3 Å². The molecule has 0 saturated carbocycles. The van der Waals surface area contributed by atoms with Crippen LogP contribution in [0, 0.1) is 0 Å². The molecule has 1 aromatic heterocycles. The SMILES string of the molecule is COC1(c2cnc3ccccc3n2)CNCCN1C(N)=O. The molecule has 2 amide bonds. The van der Waals surface area contributed by atoms with Gasteiger partial charge in [-0.25, -0.2) is 9.78 Å². The van der Waals surface area contributed by atoms with E-state index in [-0.39, 0.29) is 0 Å². The van der Waals surface area contributed by atoms with Gasteiger partial charge < -0.3 is 15.8 Å². The second kappa shape index (κ2) is 5.27. The van der Waals surface area contributed by atoms with Gasteiger partial charge in [-0.15, -0.1) is 0 Å². The molecular formula is C14H17N5O2. The highest BCUT2D eigenvalue weighted by atomic mass is 16.5. The van der Waals surface area contributed by atoms with Gasteiger partial charge in [0.2, 0.25) is 5.72 Å². The average Bonchev–Trinajstić information content (AvgIpc) is 2.54. The van der Waals surface area contributed by atoms with E-state index in [0.29, 0.717) is 25.3 Å². The Labute approximate surface area is 122 Å². The molecule has 3 N–H and O–H groups in total. The van der Waals surface area contributed by atoms with Gasteiger partial charge >= 0.3 is 6.03 Å². The number of rotatable bonds is 2. The number of primary amides is 1. The predicted molar refractivity (Wildman–Crippen MR) is 77.4 cm³/mol. The summed E-state index contributed by atoms with van der Waals surface area (Å²) < 4.78 is 5.65. The molecule has 2 aromatic rings. The molecule has 0 spiro atoms. The van der Waals surface area contributed by atoms with E-state index >= 15 is 0 Å². The van der Waals surface area contributed by atoms with Gasteiger partial charge in [-0.1, -0.05) is 12.1 Å². The molecule has 0 bridgehead atoms. The fraction of sp³-hybridized carbons (Fsp3) is 0.357. The lowest BCUT2D eigenvalue weighted by molar-refractivity contribution is -0.131. The van der Waals surface area contributed by atoms with Crippen molar-refractivity contribution < 1.29 is 9.53 Å². The number of piperazine rings is 1. The average molecular weight is 287 g/mol. The highest BCUT2D eigenvalue weighted by Gasteiger charge is 2.44. The van der Waals surface area contributed by atoms with Crippen molar-refractivity contribution in [3.05, 3.63) is 36.2 Å². The molecule has 7 heteroatoms. The number of nitrogens with one attached hydrogen (secondary N) is 1. The van der Waals surface area contributed by atoms with E-state index in [2.05, 4.69) is 15.3 Å². The number of ether oxygens (including phenoxy) is 1. The van der Waals surface area contributed by atoms with Crippen molar-refractivity contribution >= 4 is 17.1 Å². The lowest BCUT2D eigenvalue weighted by atomic mass is 10.1. The fourth-order valence-corrected chi connectivity index (χ4v) is 2.67. The third-order valence-electron chi connectivity index (χ3n) is 3.77. The number of fused-ring (bicyclic) bond motifs is 1. The maximum Gasteiger partial charge on any atom is 0.317 e. The van der Waals surface area contributed by atoms with Crippen LogP contribution in [0.2, 0.25) is 0 Å². The van der Waals surface area contributed by atoms with Crippen molar-refractivity contribution in [2.45, 2.75) is 5.72 Å². The maximum atomic E-state index is 11.8. The Morgan fingerprint density at radius 1 is 1.43 bits per heavy atom. The minimum atomic E-state index is -1.03. The summed E-state index contributed by atoms with van der Waals surface area (Å²) in [6.45, 7) is 1.53. The molecule has 1 saturated heterocycles. The zero-order valence-electron chi connectivity index (χ0n) is 11.7. The Morgan fingerprint density at radius 3 is 2.90 bits per heavy atom. The number of urea groups is 1. The van der Waals surface area contributed by atoms with Crippen LogP contribution in [0.5, 0.6) is 0 Å². The lowest BCUT2D eigenvalue weighted by Crippen LogP contribution is -2.63. The highest BCUT2D eigenvalue weighted by molar-refractivity contribution is 5.75. The van der Waals surface area contributed by atoms with Crippen LogP contribution in [0.3, 0.4) is 0 Å². The fourth-order valence-electron chi connectivity index (χ4n) is 2.67. The van der Waals surface area contributed by atoms with Crippen LogP contribution in [0.15, 0.2) is 30.5 Å². The van der Waals surface area contributed by atoms with E-state index in [0.717, 1.165) is 11.0 Å². The van der Waals surface area contributed by atoms with Gasteiger partial charge in [0.25, 0.3) is 0 Å². The summed E-state index contributed by atoms with van der Waals surface area (Å²) in [6, 6.07) is 7.02. The van der Waals surface area contributed by atoms with E-state index in [9.17, 15) is 4.79 Å². The number of carbonyl (C=O) groups excluding carboxylic acids is 1. The first kappa shape index (κ1) is 13.7. The van der Waals surface area contributed by atoms with Gasteiger partial charge in [-0.2, -0.15) is 0 Å². The van der Waals surface area contributed by atoms with Gasteiger partial charge in [-0.3, -0.25) is 9.88 Å². The van der Waals surface area contributed by atoms with E-state index in [1.165, 1.54) is 4.90 Å². The minimum Gasteiger partial charge on any atom is -0.352 e. The van der Waals surface area contributed by atoms with Crippen LogP contribution in [0.4, 0.5) is 4.79 Å². The Balaban J connectivity index is 2.13. The van der Waals surface area contributed by atoms with E-state index in [4.69, 9.17) is 10.5 Å². The number of hydrogen-bond acceptors (Lipinski definition) is 5. The smallest absolute Gasteiger partial charge is 0.317 e. The Bertz CT molecular complexity index is 677. The summed E-state index contributed by atoms with van der Waals surface area (Å²) in [4.78, 5) is 22.2. The summed E-state index contributed by atoms with van der Waals surface area (Å²) in [5.74, 6) is 0. The molecule has 21 heavy (non-hydrogen) atoms. The number of amides is 2. The van der Waals surface area contributed by atoms with Gasteiger partial charge in [0.15, 0.2) is 0 Å². The molecule has 0 radical (unpaired) electrons. The van der Waals surface area contributed by atoms with E-state index in [1.54, 1.807) is 13.3 Å². The second-order valence-corrected chi connectivity index (χ2v) is 4.90. The summed E-state index contributed by atoms with van der Waals surface area (Å²) in [5, 5.41) is 3.22. The van der Waals surface area contributed by atoms with Crippen molar-refractivity contribution in [1.82, 2.24) is 20.2 Å².